The van der Waals surface area contributed by atoms with Gasteiger partial charge in [0.2, 0.25) is 5.76 Å². The Morgan fingerprint density at radius 2 is 2.00 bits per heavy atom. The zero-order valence-corrected chi connectivity index (χ0v) is 13.1. The summed E-state index contributed by atoms with van der Waals surface area (Å²) >= 11 is 1.51. The molecule has 6 heteroatoms. The van der Waals surface area contributed by atoms with Gasteiger partial charge in [-0.3, -0.25) is 4.79 Å². The van der Waals surface area contributed by atoms with Crippen molar-refractivity contribution in [1.29, 1.82) is 0 Å². The van der Waals surface area contributed by atoms with Crippen molar-refractivity contribution in [2.45, 2.75) is 20.8 Å². The monoisotopic (exact) mass is 301 g/mol. The topological polar surface area (TPSA) is 60.4 Å². The second-order valence-electron chi connectivity index (χ2n) is 5.07. The summed E-state index contributed by atoms with van der Waals surface area (Å²) in [6.07, 6.45) is 0. The Kier molecular flexibility index (Phi) is 3.25. The first-order valence-corrected chi connectivity index (χ1v) is 7.37. The summed E-state index contributed by atoms with van der Waals surface area (Å²) in [6, 6.07) is 5.75. The summed E-state index contributed by atoms with van der Waals surface area (Å²) in [5.74, 6) is -0.244. The van der Waals surface area contributed by atoms with Crippen LogP contribution in [0.25, 0.3) is 10.2 Å². The van der Waals surface area contributed by atoms with Gasteiger partial charge in [0, 0.05) is 13.1 Å². The molecular weight excluding hydrogens is 286 g/mol. The number of hydrogen-bond donors (Lipinski definition) is 0. The molecule has 0 saturated heterocycles. The molecule has 3 rings (SSSR count). The molecule has 0 aliphatic rings. The van der Waals surface area contributed by atoms with Crippen molar-refractivity contribution in [2.75, 3.05) is 0 Å². The van der Waals surface area contributed by atoms with Gasteiger partial charge < -0.3 is 9.09 Å². The van der Waals surface area contributed by atoms with Crippen LogP contribution in [0.15, 0.2) is 27.7 Å². The van der Waals surface area contributed by atoms with Gasteiger partial charge in [-0.1, -0.05) is 28.6 Å². The first kappa shape index (κ1) is 13.8. The highest BCUT2D eigenvalue weighted by Gasteiger charge is 2.13. The highest BCUT2D eigenvalue weighted by atomic mass is 32.1. The predicted octanol–water partition coefficient (Wildman–Crippen LogP) is 2.89. The molecule has 3 aromatic rings. The Morgan fingerprint density at radius 3 is 2.62 bits per heavy atom. The molecule has 0 N–H and O–H groups in total. The van der Waals surface area contributed by atoms with E-state index in [-0.39, 0.29) is 5.76 Å². The third-order valence-corrected chi connectivity index (χ3v) is 4.65. The quantitative estimate of drug-likeness (QED) is 0.694. The van der Waals surface area contributed by atoms with Crippen molar-refractivity contribution >= 4 is 27.5 Å². The summed E-state index contributed by atoms with van der Waals surface area (Å²) in [4.78, 5) is 16.9. The number of hydrogen-bond acceptors (Lipinski definition) is 4. The predicted molar refractivity (Wildman–Crippen MR) is 81.4 cm³/mol. The lowest BCUT2D eigenvalue weighted by atomic mass is 10.1. The van der Waals surface area contributed by atoms with Gasteiger partial charge in [0.05, 0.1) is 15.9 Å². The van der Waals surface area contributed by atoms with E-state index in [4.69, 9.17) is 4.52 Å². The average Bonchev–Trinajstić information content (AvgIpc) is 3.00. The Bertz CT molecular complexity index is 915. The maximum Gasteiger partial charge on any atom is 0.318 e. The molecule has 0 bridgehead atoms. The molecule has 0 aliphatic carbocycles. The first-order chi connectivity index (χ1) is 9.97. The van der Waals surface area contributed by atoms with Gasteiger partial charge in [0.25, 0.3) is 0 Å². The maximum absolute atomic E-state index is 12.1. The normalized spacial score (nSPS) is 12.3. The van der Waals surface area contributed by atoms with Crippen molar-refractivity contribution in [2.24, 2.45) is 12.0 Å². The lowest BCUT2D eigenvalue weighted by molar-refractivity contribution is 0.0962. The highest BCUT2D eigenvalue weighted by Crippen LogP contribution is 2.24. The molecule has 2 aromatic heterocycles. The smallest absolute Gasteiger partial charge is 0.318 e. The third-order valence-electron chi connectivity index (χ3n) is 3.38. The summed E-state index contributed by atoms with van der Waals surface area (Å²) < 4.78 is 8.06. The number of aryl methyl sites for hydroxylation is 4. The molecule has 0 saturated carbocycles. The van der Waals surface area contributed by atoms with E-state index >= 15 is 0 Å². The van der Waals surface area contributed by atoms with Crippen LogP contribution >= 0.6 is 11.3 Å². The van der Waals surface area contributed by atoms with E-state index in [1.807, 2.05) is 11.6 Å². The van der Waals surface area contributed by atoms with Crippen LogP contribution in [-0.4, -0.2) is 15.6 Å². The molecule has 5 nitrogen and oxygen atoms in total. The van der Waals surface area contributed by atoms with Crippen LogP contribution in [0.1, 0.15) is 27.4 Å². The summed E-state index contributed by atoms with van der Waals surface area (Å²) in [7, 11) is 1.92. The second kappa shape index (κ2) is 4.96. The lowest BCUT2D eigenvalue weighted by Gasteiger charge is -2.01. The molecule has 0 atom stereocenters. The van der Waals surface area contributed by atoms with Gasteiger partial charge in [-0.25, -0.2) is 0 Å². The van der Waals surface area contributed by atoms with Crippen LogP contribution in [0, 0.1) is 20.8 Å². The largest absolute Gasteiger partial charge is 0.351 e. The standard InChI is InChI=1S/C15H15N3O2S/c1-8-5-6-9(2)13-12(8)18(4)15(21-13)16-14(19)11-7-10(3)17-20-11/h5-7H,1-4H3. The maximum atomic E-state index is 12.1. The lowest BCUT2D eigenvalue weighted by Crippen LogP contribution is -2.13. The number of rotatable bonds is 1. The summed E-state index contributed by atoms with van der Waals surface area (Å²) in [5, 5.41) is 3.71. The SMILES string of the molecule is Cc1cc(C(=O)N=c2sc3c(C)ccc(C)c3n2C)on1. The number of thiazole rings is 1. The molecule has 0 fully saturated rings. The van der Waals surface area contributed by atoms with Gasteiger partial charge in [0.1, 0.15) is 0 Å². The number of benzene rings is 1. The van der Waals surface area contributed by atoms with E-state index in [0.29, 0.717) is 10.5 Å². The molecule has 0 aliphatic heterocycles. The van der Waals surface area contributed by atoms with Crippen LogP contribution in [0.5, 0.6) is 0 Å². The molecule has 1 amide bonds. The number of amides is 1. The van der Waals surface area contributed by atoms with E-state index < -0.39 is 5.91 Å². The Balaban J connectivity index is 2.19. The van der Waals surface area contributed by atoms with Gasteiger partial charge in [-0.2, -0.15) is 4.99 Å². The van der Waals surface area contributed by atoms with Crippen molar-refractivity contribution < 1.29 is 9.32 Å². The fourth-order valence-electron chi connectivity index (χ4n) is 2.28. The first-order valence-electron chi connectivity index (χ1n) is 6.55. The number of carbonyl (C=O) groups excluding carboxylic acids is 1. The zero-order chi connectivity index (χ0) is 15.1. The summed E-state index contributed by atoms with van der Waals surface area (Å²) in [5.41, 5.74) is 4.13. The minimum Gasteiger partial charge on any atom is -0.351 e. The van der Waals surface area contributed by atoms with E-state index in [2.05, 4.69) is 36.1 Å². The van der Waals surface area contributed by atoms with Gasteiger partial charge in [0.15, 0.2) is 4.80 Å². The minimum absolute atomic E-state index is 0.165. The van der Waals surface area contributed by atoms with Crippen molar-refractivity contribution in [3.05, 3.63) is 45.6 Å². The van der Waals surface area contributed by atoms with Gasteiger partial charge in [-0.05, 0) is 31.9 Å². The number of aromatic nitrogens is 2. The number of fused-ring (bicyclic) bond motifs is 1. The van der Waals surface area contributed by atoms with E-state index in [1.54, 1.807) is 13.0 Å². The van der Waals surface area contributed by atoms with Crippen molar-refractivity contribution in [3.8, 4) is 0 Å². The molecule has 1 aromatic carbocycles. The highest BCUT2D eigenvalue weighted by molar-refractivity contribution is 7.16. The average molecular weight is 301 g/mol. The number of carbonyl (C=O) groups is 1. The van der Waals surface area contributed by atoms with Crippen LogP contribution in [0.3, 0.4) is 0 Å². The molecular formula is C15H15N3O2S. The zero-order valence-electron chi connectivity index (χ0n) is 12.3. The molecule has 21 heavy (non-hydrogen) atoms. The Morgan fingerprint density at radius 1 is 1.29 bits per heavy atom. The Hall–Kier alpha value is -2.21. The molecule has 108 valence electrons. The fourth-order valence-corrected chi connectivity index (χ4v) is 3.44. The summed E-state index contributed by atoms with van der Waals surface area (Å²) in [6.45, 7) is 5.88. The van der Waals surface area contributed by atoms with Crippen LogP contribution < -0.4 is 4.80 Å². The minimum atomic E-state index is -0.409. The van der Waals surface area contributed by atoms with Crippen LogP contribution in [0.4, 0.5) is 0 Å². The molecule has 2 heterocycles. The number of nitrogens with zero attached hydrogens (tertiary/aromatic N) is 3. The van der Waals surface area contributed by atoms with Gasteiger partial charge >= 0.3 is 5.91 Å². The third kappa shape index (κ3) is 2.31. The van der Waals surface area contributed by atoms with Crippen LogP contribution in [-0.2, 0) is 7.05 Å². The second-order valence-corrected chi connectivity index (χ2v) is 6.05. The fraction of sp³-hybridized carbons (Fsp3) is 0.267. The van der Waals surface area contributed by atoms with Crippen molar-refractivity contribution in [3.63, 3.8) is 0 Å². The molecule has 0 spiro atoms. The van der Waals surface area contributed by atoms with Gasteiger partial charge in [-0.15, -0.1) is 0 Å². The molecule has 0 unspecified atom stereocenters. The molecule has 0 radical (unpaired) electrons. The van der Waals surface area contributed by atoms with Crippen LogP contribution in [0.2, 0.25) is 0 Å². The van der Waals surface area contributed by atoms with E-state index in [0.717, 1.165) is 10.2 Å². The Labute approximate surface area is 125 Å². The van der Waals surface area contributed by atoms with E-state index in [9.17, 15) is 4.79 Å². The van der Waals surface area contributed by atoms with E-state index in [1.165, 1.54) is 22.5 Å². The van der Waals surface area contributed by atoms with Crippen molar-refractivity contribution in [1.82, 2.24) is 9.72 Å².